The highest BCUT2D eigenvalue weighted by Crippen LogP contribution is 2.31. The zero-order valence-electron chi connectivity index (χ0n) is 17.9. The topological polar surface area (TPSA) is 73.4 Å². The van der Waals surface area contributed by atoms with Crippen LogP contribution in [0.25, 0.3) is 22.3 Å². The van der Waals surface area contributed by atoms with Crippen molar-refractivity contribution in [3.05, 3.63) is 35.4 Å². The van der Waals surface area contributed by atoms with Crippen LogP contribution in [-0.2, 0) is 4.74 Å². The lowest BCUT2D eigenvalue weighted by Crippen LogP contribution is -2.50. The van der Waals surface area contributed by atoms with Gasteiger partial charge in [-0.25, -0.2) is 9.67 Å². The molecule has 0 bridgehead atoms. The van der Waals surface area contributed by atoms with Crippen LogP contribution >= 0.6 is 0 Å². The Morgan fingerprint density at radius 3 is 2.66 bits per heavy atom. The summed E-state index contributed by atoms with van der Waals surface area (Å²) in [5.41, 5.74) is 2.97. The lowest BCUT2D eigenvalue weighted by molar-refractivity contribution is -0.0386. The van der Waals surface area contributed by atoms with Gasteiger partial charge in [0.15, 0.2) is 5.65 Å². The normalized spacial score (nSPS) is 20.0. The van der Waals surface area contributed by atoms with Crippen LogP contribution in [0.5, 0.6) is 0 Å². The van der Waals surface area contributed by atoms with Crippen LogP contribution in [0.15, 0.2) is 22.7 Å². The molecule has 0 spiro atoms. The number of pyridine rings is 1. The molecule has 7 heteroatoms. The quantitative estimate of drug-likeness (QED) is 0.665. The summed E-state index contributed by atoms with van der Waals surface area (Å²) in [5, 5.41) is 5.29. The van der Waals surface area contributed by atoms with Crippen LogP contribution < -0.4 is 0 Å². The molecule has 29 heavy (non-hydrogen) atoms. The second-order valence-electron chi connectivity index (χ2n) is 8.25. The first-order valence-corrected chi connectivity index (χ1v) is 10.1. The number of hydrogen-bond donors (Lipinski definition) is 0. The summed E-state index contributed by atoms with van der Waals surface area (Å²) in [4.78, 5) is 20.4. The van der Waals surface area contributed by atoms with Gasteiger partial charge in [-0.05, 0) is 53.7 Å². The smallest absolute Gasteiger partial charge is 0.255 e. The van der Waals surface area contributed by atoms with Gasteiger partial charge in [0, 0.05) is 18.2 Å². The molecule has 1 amide bonds. The van der Waals surface area contributed by atoms with Gasteiger partial charge in [0.2, 0.25) is 0 Å². The van der Waals surface area contributed by atoms with E-state index in [0.717, 1.165) is 28.2 Å². The largest absolute Gasteiger partial charge is 0.466 e. The third kappa shape index (κ3) is 3.44. The summed E-state index contributed by atoms with van der Waals surface area (Å²) < 4.78 is 13.3. The zero-order valence-corrected chi connectivity index (χ0v) is 17.9. The number of fused-ring (bicyclic) bond motifs is 1. The van der Waals surface area contributed by atoms with Gasteiger partial charge in [-0.15, -0.1) is 0 Å². The predicted octanol–water partition coefficient (Wildman–Crippen LogP) is 4.14. The minimum atomic E-state index is -0.0116. The average molecular weight is 396 g/mol. The summed E-state index contributed by atoms with van der Waals surface area (Å²) in [5.74, 6) is 1.60. The molecular weight excluding hydrogens is 368 g/mol. The van der Waals surface area contributed by atoms with Crippen molar-refractivity contribution in [3.63, 3.8) is 0 Å². The Labute approximate surface area is 170 Å². The molecule has 3 aromatic heterocycles. The van der Waals surface area contributed by atoms with Crippen molar-refractivity contribution in [1.82, 2.24) is 19.7 Å². The van der Waals surface area contributed by atoms with Gasteiger partial charge in [-0.3, -0.25) is 4.79 Å². The summed E-state index contributed by atoms with van der Waals surface area (Å²) >= 11 is 0. The lowest BCUT2D eigenvalue weighted by Gasteiger charge is -2.37. The van der Waals surface area contributed by atoms with Crippen molar-refractivity contribution in [2.24, 2.45) is 0 Å². The molecule has 4 heterocycles. The first kappa shape index (κ1) is 19.6. The number of morpholine rings is 1. The van der Waals surface area contributed by atoms with Gasteiger partial charge in [-0.1, -0.05) is 0 Å². The van der Waals surface area contributed by atoms with Crippen LogP contribution in [-0.4, -0.2) is 50.9 Å². The number of furan rings is 1. The van der Waals surface area contributed by atoms with Crippen molar-refractivity contribution >= 4 is 16.9 Å². The number of aromatic nitrogens is 3. The minimum absolute atomic E-state index is 0.0116. The van der Waals surface area contributed by atoms with Crippen LogP contribution in [0.3, 0.4) is 0 Å². The van der Waals surface area contributed by atoms with E-state index < -0.39 is 0 Å². The van der Waals surface area contributed by atoms with Gasteiger partial charge in [0.25, 0.3) is 5.91 Å². The molecule has 0 saturated carbocycles. The van der Waals surface area contributed by atoms with Crippen LogP contribution in [0.1, 0.15) is 55.6 Å². The number of amides is 1. The molecule has 3 aromatic rings. The standard InChI is InChI=1S/C22H28N4O3/c1-12(2)26-21-19(9-23-26)18(22(27)25-10-15(5)28-11-13(25)3)8-20(24-21)17-7-14(4)29-16(17)6/h7-9,12-13,15H,10-11H2,1-6H3. The molecule has 0 radical (unpaired) electrons. The Balaban J connectivity index is 1.90. The van der Waals surface area contributed by atoms with Crippen LogP contribution in [0.4, 0.5) is 0 Å². The number of aryl methyl sites for hydroxylation is 2. The molecule has 0 aliphatic carbocycles. The fourth-order valence-corrected chi connectivity index (χ4v) is 3.94. The van der Waals surface area contributed by atoms with Crippen LogP contribution in [0, 0.1) is 13.8 Å². The van der Waals surface area contributed by atoms with E-state index in [4.69, 9.17) is 14.1 Å². The van der Waals surface area contributed by atoms with E-state index in [9.17, 15) is 4.79 Å². The molecule has 1 aliphatic heterocycles. The lowest BCUT2D eigenvalue weighted by atomic mass is 10.0. The molecule has 2 atom stereocenters. The van der Waals surface area contributed by atoms with E-state index in [1.165, 1.54) is 0 Å². The molecule has 2 unspecified atom stereocenters. The van der Waals surface area contributed by atoms with Crippen molar-refractivity contribution in [1.29, 1.82) is 0 Å². The third-order valence-corrected chi connectivity index (χ3v) is 5.47. The highest BCUT2D eigenvalue weighted by atomic mass is 16.5. The predicted molar refractivity (Wildman–Crippen MR) is 111 cm³/mol. The molecule has 7 nitrogen and oxygen atoms in total. The Morgan fingerprint density at radius 1 is 1.24 bits per heavy atom. The first-order chi connectivity index (χ1) is 13.8. The number of hydrogen-bond acceptors (Lipinski definition) is 5. The fourth-order valence-electron chi connectivity index (χ4n) is 3.94. The van der Waals surface area contributed by atoms with Crippen molar-refractivity contribution in [2.45, 2.75) is 59.7 Å². The number of carbonyl (C=O) groups is 1. The van der Waals surface area contributed by atoms with Gasteiger partial charge in [-0.2, -0.15) is 5.10 Å². The molecular formula is C22H28N4O3. The fraction of sp³-hybridized carbons (Fsp3) is 0.500. The Hall–Kier alpha value is -2.67. The van der Waals surface area contributed by atoms with E-state index in [-0.39, 0.29) is 24.1 Å². The zero-order chi connectivity index (χ0) is 20.9. The van der Waals surface area contributed by atoms with E-state index in [1.54, 1.807) is 6.20 Å². The molecule has 4 rings (SSSR count). The van der Waals surface area contributed by atoms with Gasteiger partial charge >= 0.3 is 0 Å². The summed E-state index contributed by atoms with van der Waals surface area (Å²) in [6, 6.07) is 3.99. The van der Waals surface area contributed by atoms with Gasteiger partial charge < -0.3 is 14.1 Å². The Kier molecular flexibility index (Phi) is 4.94. The van der Waals surface area contributed by atoms with E-state index >= 15 is 0 Å². The second-order valence-corrected chi connectivity index (χ2v) is 8.25. The van der Waals surface area contributed by atoms with Crippen molar-refractivity contribution < 1.29 is 13.9 Å². The SMILES string of the molecule is Cc1cc(-c2cc(C(=O)N3CC(C)OCC3C)c3cnn(C(C)C)c3n2)c(C)o1. The van der Waals surface area contributed by atoms with Gasteiger partial charge in [0.05, 0.1) is 41.6 Å². The molecule has 1 fully saturated rings. The third-order valence-electron chi connectivity index (χ3n) is 5.47. The maximum Gasteiger partial charge on any atom is 0.255 e. The highest BCUT2D eigenvalue weighted by Gasteiger charge is 2.30. The van der Waals surface area contributed by atoms with E-state index in [2.05, 4.69) is 18.9 Å². The molecule has 154 valence electrons. The van der Waals surface area contributed by atoms with Crippen molar-refractivity contribution in [2.75, 3.05) is 13.2 Å². The molecule has 1 aliphatic rings. The molecule has 0 N–H and O–H groups in total. The maximum absolute atomic E-state index is 13.6. The minimum Gasteiger partial charge on any atom is -0.466 e. The molecule has 1 saturated heterocycles. The summed E-state index contributed by atoms with van der Waals surface area (Å²) in [6.45, 7) is 13.1. The number of carbonyl (C=O) groups excluding carboxylic acids is 1. The number of nitrogens with zero attached hydrogens (tertiary/aromatic N) is 4. The van der Waals surface area contributed by atoms with E-state index in [1.807, 2.05) is 49.4 Å². The first-order valence-electron chi connectivity index (χ1n) is 10.1. The maximum atomic E-state index is 13.6. The second kappa shape index (κ2) is 7.30. The summed E-state index contributed by atoms with van der Waals surface area (Å²) in [7, 11) is 0. The van der Waals surface area contributed by atoms with Crippen LogP contribution in [0.2, 0.25) is 0 Å². The highest BCUT2D eigenvalue weighted by molar-refractivity contribution is 6.06. The molecule has 0 aromatic carbocycles. The number of rotatable bonds is 3. The van der Waals surface area contributed by atoms with Gasteiger partial charge in [0.1, 0.15) is 11.5 Å². The summed E-state index contributed by atoms with van der Waals surface area (Å²) in [6.07, 6.45) is 1.77. The van der Waals surface area contributed by atoms with E-state index in [0.29, 0.717) is 24.4 Å². The monoisotopic (exact) mass is 396 g/mol. The average Bonchev–Trinajstić information content (AvgIpc) is 3.25. The Bertz CT molecular complexity index is 1070. The number of ether oxygens (including phenoxy) is 1. The van der Waals surface area contributed by atoms with Crippen molar-refractivity contribution in [3.8, 4) is 11.3 Å². The Morgan fingerprint density at radius 2 is 2.00 bits per heavy atom.